The zero-order chi connectivity index (χ0) is 20.1. The second-order valence-electron chi connectivity index (χ2n) is 7.77. The van der Waals surface area contributed by atoms with Crippen molar-refractivity contribution in [3.63, 3.8) is 0 Å². The molecule has 1 saturated heterocycles. The summed E-state index contributed by atoms with van der Waals surface area (Å²) in [5.41, 5.74) is 1.60. The van der Waals surface area contributed by atoms with Gasteiger partial charge in [0, 0.05) is 22.7 Å². The third kappa shape index (κ3) is 2.72. The topological polar surface area (TPSA) is 81.0 Å². The molecular weight excluding hydrogens is 370 g/mol. The van der Waals surface area contributed by atoms with Crippen LogP contribution >= 0.6 is 0 Å². The summed E-state index contributed by atoms with van der Waals surface area (Å²) in [7, 11) is 0. The normalized spacial score (nSPS) is 27.6. The summed E-state index contributed by atoms with van der Waals surface area (Å²) >= 11 is 0. The lowest BCUT2D eigenvalue weighted by atomic mass is 9.85. The van der Waals surface area contributed by atoms with Crippen molar-refractivity contribution < 1.29 is 19.1 Å². The maximum Gasteiger partial charge on any atom is 0.325 e. The molecule has 0 unspecified atom stereocenters. The van der Waals surface area contributed by atoms with Crippen molar-refractivity contribution in [1.82, 2.24) is 9.58 Å². The highest BCUT2D eigenvalue weighted by atomic mass is 16.5. The molecule has 7 nitrogen and oxygen atoms in total. The second-order valence-corrected chi connectivity index (χ2v) is 7.77. The lowest BCUT2D eigenvalue weighted by Crippen LogP contribution is -2.28. The molecule has 0 N–H and O–H groups in total. The fraction of sp³-hybridized carbons (Fsp3) is 0.364. The SMILES string of the molecule is CCOC(=O)Cn1cc(/C=N\N2C(=O)[C@@H]3[C@@H](C2=O)[C@H]2C=C[C@H]3C2)c2ccccc21. The van der Waals surface area contributed by atoms with Crippen LogP contribution in [0.2, 0.25) is 0 Å². The van der Waals surface area contributed by atoms with Crippen molar-refractivity contribution in [3.8, 4) is 0 Å². The zero-order valence-electron chi connectivity index (χ0n) is 16.0. The zero-order valence-corrected chi connectivity index (χ0v) is 16.0. The molecular formula is C22H21N3O4. The molecule has 1 aromatic heterocycles. The minimum atomic E-state index is -0.322. The smallest absolute Gasteiger partial charge is 0.325 e. The van der Waals surface area contributed by atoms with Crippen molar-refractivity contribution in [2.24, 2.45) is 28.8 Å². The van der Waals surface area contributed by atoms with E-state index in [1.807, 2.05) is 24.3 Å². The van der Waals surface area contributed by atoms with Crippen LogP contribution in [0, 0.1) is 23.7 Å². The molecule has 7 heteroatoms. The van der Waals surface area contributed by atoms with Gasteiger partial charge in [0.2, 0.25) is 0 Å². The van der Waals surface area contributed by atoms with E-state index in [4.69, 9.17) is 4.74 Å². The third-order valence-corrected chi connectivity index (χ3v) is 6.18. The van der Waals surface area contributed by atoms with E-state index in [-0.39, 0.29) is 48.0 Å². The number of carbonyl (C=O) groups excluding carboxylic acids is 3. The number of carbonyl (C=O) groups is 3. The van der Waals surface area contributed by atoms with E-state index in [1.54, 1.807) is 17.7 Å². The third-order valence-electron chi connectivity index (χ3n) is 6.18. The molecule has 2 fully saturated rings. The maximum absolute atomic E-state index is 12.8. The molecule has 0 radical (unpaired) electrons. The number of imide groups is 1. The predicted molar refractivity (Wildman–Crippen MR) is 106 cm³/mol. The van der Waals surface area contributed by atoms with Gasteiger partial charge in [-0.2, -0.15) is 10.1 Å². The van der Waals surface area contributed by atoms with Gasteiger partial charge >= 0.3 is 5.97 Å². The van der Waals surface area contributed by atoms with Crippen LogP contribution < -0.4 is 0 Å². The molecule has 2 amide bonds. The Bertz CT molecular complexity index is 1050. The van der Waals surface area contributed by atoms with E-state index in [1.165, 1.54) is 6.21 Å². The fourth-order valence-electron chi connectivity index (χ4n) is 4.97. The van der Waals surface area contributed by atoms with Crippen LogP contribution in [0.15, 0.2) is 47.7 Å². The van der Waals surface area contributed by atoms with Crippen molar-refractivity contribution in [3.05, 3.63) is 48.2 Å². The highest BCUT2D eigenvalue weighted by Gasteiger charge is 2.59. The Kier molecular flexibility index (Phi) is 4.12. The van der Waals surface area contributed by atoms with Gasteiger partial charge in [-0.15, -0.1) is 0 Å². The average Bonchev–Trinajstić information content (AvgIpc) is 3.45. The molecule has 2 bridgehead atoms. The molecule has 0 spiro atoms. The molecule has 1 aliphatic heterocycles. The van der Waals surface area contributed by atoms with E-state index in [0.29, 0.717) is 6.61 Å². The van der Waals surface area contributed by atoms with Crippen LogP contribution in [0.1, 0.15) is 18.9 Å². The van der Waals surface area contributed by atoms with E-state index in [2.05, 4.69) is 17.3 Å². The summed E-state index contributed by atoms with van der Waals surface area (Å²) in [6, 6.07) is 7.62. The Labute approximate surface area is 167 Å². The van der Waals surface area contributed by atoms with E-state index in [0.717, 1.165) is 27.9 Å². The molecule has 2 aromatic rings. The number of para-hydroxylation sites is 1. The number of hydrogen-bond acceptors (Lipinski definition) is 5. The lowest BCUT2D eigenvalue weighted by molar-refractivity contribution is -0.144. The Balaban J connectivity index is 1.43. The first-order valence-electron chi connectivity index (χ1n) is 9.92. The summed E-state index contributed by atoms with van der Waals surface area (Å²) in [5.74, 6) is -0.940. The summed E-state index contributed by atoms with van der Waals surface area (Å²) < 4.78 is 6.84. The molecule has 2 heterocycles. The second kappa shape index (κ2) is 6.69. The van der Waals surface area contributed by atoms with Crippen LogP contribution in [-0.2, 0) is 25.7 Å². The average molecular weight is 391 g/mol. The maximum atomic E-state index is 12.8. The Morgan fingerprint density at radius 1 is 1.17 bits per heavy atom. The fourth-order valence-corrected chi connectivity index (χ4v) is 4.97. The molecule has 2 aliphatic carbocycles. The number of hydrogen-bond donors (Lipinski definition) is 0. The van der Waals surface area contributed by atoms with Gasteiger partial charge in [0.1, 0.15) is 6.54 Å². The number of allylic oxidation sites excluding steroid dienone is 2. The lowest BCUT2D eigenvalue weighted by Gasteiger charge is -2.13. The number of esters is 1. The van der Waals surface area contributed by atoms with Crippen molar-refractivity contribution in [2.45, 2.75) is 19.9 Å². The van der Waals surface area contributed by atoms with Gasteiger partial charge in [-0.1, -0.05) is 30.4 Å². The number of rotatable bonds is 5. The predicted octanol–water partition coefficient (Wildman–Crippen LogP) is 2.35. The summed E-state index contributed by atoms with van der Waals surface area (Å²) in [6.07, 6.45) is 8.35. The number of ether oxygens (including phenoxy) is 1. The van der Waals surface area contributed by atoms with Gasteiger partial charge in [0.15, 0.2) is 0 Å². The van der Waals surface area contributed by atoms with Gasteiger partial charge in [-0.25, -0.2) is 0 Å². The van der Waals surface area contributed by atoms with Gasteiger partial charge < -0.3 is 9.30 Å². The Hall–Kier alpha value is -3.22. The highest BCUT2D eigenvalue weighted by molar-refractivity contribution is 6.07. The van der Waals surface area contributed by atoms with Gasteiger partial charge in [-0.3, -0.25) is 14.4 Å². The summed E-state index contributed by atoms with van der Waals surface area (Å²) in [5, 5.41) is 6.20. The standard InChI is InChI=1S/C22H21N3O4/c1-2-29-18(26)12-24-11-15(16-5-3-4-6-17(16)24)10-23-25-21(27)19-13-7-8-14(9-13)20(19)22(25)28/h3-8,10-11,13-14,19-20H,2,9,12H2,1H3/b23-10-/t13-,14-,19-,20-/m0/s1. The van der Waals surface area contributed by atoms with Crippen molar-refractivity contribution in [2.75, 3.05) is 6.61 Å². The Morgan fingerprint density at radius 2 is 1.86 bits per heavy atom. The minimum Gasteiger partial charge on any atom is -0.465 e. The van der Waals surface area contributed by atoms with Crippen LogP contribution in [0.5, 0.6) is 0 Å². The molecule has 29 heavy (non-hydrogen) atoms. The number of nitrogens with zero attached hydrogens (tertiary/aromatic N) is 3. The first kappa shape index (κ1) is 17.8. The first-order chi connectivity index (χ1) is 14.1. The van der Waals surface area contributed by atoms with E-state index >= 15 is 0 Å². The number of amides is 2. The van der Waals surface area contributed by atoms with Crippen LogP contribution in [0.25, 0.3) is 10.9 Å². The van der Waals surface area contributed by atoms with Crippen molar-refractivity contribution >= 4 is 34.9 Å². The van der Waals surface area contributed by atoms with Crippen LogP contribution in [-0.4, -0.2) is 40.2 Å². The molecule has 3 aliphatic rings. The van der Waals surface area contributed by atoms with Crippen LogP contribution in [0.4, 0.5) is 0 Å². The van der Waals surface area contributed by atoms with Gasteiger partial charge in [0.05, 0.1) is 24.7 Å². The number of hydrazone groups is 1. The number of aromatic nitrogens is 1. The molecule has 5 rings (SSSR count). The van der Waals surface area contributed by atoms with Gasteiger partial charge in [-0.05, 0) is 31.2 Å². The van der Waals surface area contributed by atoms with E-state index < -0.39 is 0 Å². The van der Waals surface area contributed by atoms with Gasteiger partial charge in [0.25, 0.3) is 11.8 Å². The quantitative estimate of drug-likeness (QED) is 0.339. The summed E-state index contributed by atoms with van der Waals surface area (Å²) in [4.78, 5) is 37.5. The minimum absolute atomic E-state index is 0.0863. The molecule has 148 valence electrons. The van der Waals surface area contributed by atoms with E-state index in [9.17, 15) is 14.4 Å². The van der Waals surface area contributed by atoms with Crippen LogP contribution in [0.3, 0.4) is 0 Å². The number of fused-ring (bicyclic) bond motifs is 6. The highest BCUT2D eigenvalue weighted by Crippen LogP contribution is 2.52. The largest absolute Gasteiger partial charge is 0.465 e. The Morgan fingerprint density at radius 3 is 2.55 bits per heavy atom. The summed E-state index contributed by atoms with van der Waals surface area (Å²) in [6.45, 7) is 2.18. The monoisotopic (exact) mass is 391 g/mol. The molecule has 4 atom stereocenters. The molecule has 1 saturated carbocycles. The molecule has 1 aromatic carbocycles. The van der Waals surface area contributed by atoms with Crippen molar-refractivity contribution in [1.29, 1.82) is 0 Å². The first-order valence-corrected chi connectivity index (χ1v) is 9.92. The number of benzene rings is 1.